The fourth-order valence-corrected chi connectivity index (χ4v) is 3.03. The lowest BCUT2D eigenvalue weighted by Gasteiger charge is -2.02. The van der Waals surface area contributed by atoms with Gasteiger partial charge in [-0.15, -0.1) is 11.3 Å². The monoisotopic (exact) mass is 301 g/mol. The summed E-state index contributed by atoms with van der Waals surface area (Å²) in [5.74, 6) is -0.240. The number of rotatable bonds is 5. The normalized spacial score (nSPS) is 11.4. The van der Waals surface area contributed by atoms with Gasteiger partial charge >= 0.3 is 0 Å². The van der Waals surface area contributed by atoms with E-state index in [0.717, 1.165) is 11.3 Å². The molecule has 102 valence electrons. The van der Waals surface area contributed by atoms with E-state index in [1.807, 2.05) is 0 Å². The summed E-state index contributed by atoms with van der Waals surface area (Å²) in [5, 5.41) is 11.4. The van der Waals surface area contributed by atoms with Crippen molar-refractivity contribution in [2.75, 3.05) is 0 Å². The number of sulfonamides is 1. The highest BCUT2D eigenvalue weighted by atomic mass is 32.2. The number of carbonyl (C=O) groups excluding carboxylic acids is 1. The number of nitrogens with one attached hydrogen (secondary N) is 1. The third kappa shape index (κ3) is 3.84. The van der Waals surface area contributed by atoms with Crippen LogP contribution in [0.5, 0.6) is 0 Å². The maximum Gasteiger partial charge on any atom is 0.247 e. The van der Waals surface area contributed by atoms with Gasteiger partial charge in [0.15, 0.2) is 0 Å². The molecule has 19 heavy (non-hydrogen) atoms. The number of nitrogens with two attached hydrogens (primary N) is 1. The average Bonchev–Trinajstić information content (AvgIpc) is 2.95. The number of hydrogen-bond donors (Lipinski definition) is 2. The number of thiophene rings is 1. The van der Waals surface area contributed by atoms with Crippen LogP contribution in [0.1, 0.15) is 4.88 Å². The molecule has 0 aliphatic carbocycles. The Morgan fingerprint density at radius 2 is 2.26 bits per heavy atom. The van der Waals surface area contributed by atoms with E-state index < -0.39 is 10.0 Å². The van der Waals surface area contributed by atoms with Crippen molar-refractivity contribution in [2.24, 2.45) is 5.14 Å². The maximum atomic E-state index is 11.5. The molecule has 0 aliphatic rings. The van der Waals surface area contributed by atoms with E-state index in [1.54, 1.807) is 6.07 Å². The first-order chi connectivity index (χ1) is 8.95. The van der Waals surface area contributed by atoms with Crippen molar-refractivity contribution < 1.29 is 13.2 Å². The SMILES string of the molecule is NS(=O)(=O)c1ccc(CNC(=O)Cn2cncn2)s1. The van der Waals surface area contributed by atoms with Gasteiger partial charge in [0, 0.05) is 4.88 Å². The van der Waals surface area contributed by atoms with Gasteiger partial charge in [0.05, 0.1) is 6.54 Å². The highest BCUT2D eigenvalue weighted by molar-refractivity contribution is 7.91. The Hall–Kier alpha value is -1.78. The summed E-state index contributed by atoms with van der Waals surface area (Å²) < 4.78 is 23.6. The van der Waals surface area contributed by atoms with Crippen LogP contribution < -0.4 is 10.5 Å². The molecule has 0 atom stereocenters. The first-order valence-corrected chi connectivity index (χ1v) is 7.52. The van der Waals surface area contributed by atoms with Crippen LogP contribution in [0.4, 0.5) is 0 Å². The quantitative estimate of drug-likeness (QED) is 0.757. The van der Waals surface area contributed by atoms with Crippen molar-refractivity contribution >= 4 is 27.3 Å². The third-order valence-electron chi connectivity index (χ3n) is 2.15. The Kier molecular flexibility index (Phi) is 3.93. The lowest BCUT2D eigenvalue weighted by atomic mass is 10.4. The van der Waals surface area contributed by atoms with Crippen LogP contribution in [-0.2, 0) is 27.9 Å². The minimum Gasteiger partial charge on any atom is -0.350 e. The van der Waals surface area contributed by atoms with Crippen molar-refractivity contribution in [3.63, 3.8) is 0 Å². The second-order valence-corrected chi connectivity index (χ2v) is 6.59. The Labute approximate surface area is 113 Å². The van der Waals surface area contributed by atoms with Gasteiger partial charge in [-0.2, -0.15) is 5.10 Å². The molecule has 0 radical (unpaired) electrons. The molecule has 0 fully saturated rings. The minimum atomic E-state index is -3.68. The van der Waals surface area contributed by atoms with E-state index in [0.29, 0.717) is 4.88 Å². The van der Waals surface area contributed by atoms with Gasteiger partial charge < -0.3 is 5.32 Å². The smallest absolute Gasteiger partial charge is 0.247 e. The highest BCUT2D eigenvalue weighted by Crippen LogP contribution is 2.19. The molecule has 2 heterocycles. The fraction of sp³-hybridized carbons (Fsp3) is 0.222. The molecule has 2 rings (SSSR count). The van der Waals surface area contributed by atoms with Crippen molar-refractivity contribution in [1.82, 2.24) is 20.1 Å². The number of carbonyl (C=O) groups is 1. The van der Waals surface area contributed by atoms with Gasteiger partial charge in [0.2, 0.25) is 15.9 Å². The van der Waals surface area contributed by atoms with Gasteiger partial charge in [-0.05, 0) is 12.1 Å². The highest BCUT2D eigenvalue weighted by Gasteiger charge is 2.11. The van der Waals surface area contributed by atoms with Crippen LogP contribution in [0.15, 0.2) is 29.0 Å². The lowest BCUT2D eigenvalue weighted by molar-refractivity contribution is -0.122. The fourth-order valence-electron chi connectivity index (χ4n) is 1.31. The van der Waals surface area contributed by atoms with Crippen LogP contribution in [-0.4, -0.2) is 29.1 Å². The maximum absolute atomic E-state index is 11.5. The number of primary sulfonamides is 1. The summed E-state index contributed by atoms with van der Waals surface area (Å²) in [6.45, 7) is 0.307. The standard InChI is InChI=1S/C9H11N5O3S2/c10-19(16,17)9-2-1-7(18-9)3-12-8(15)4-14-6-11-5-13-14/h1-2,5-6H,3-4H2,(H,12,15)(H2,10,16,17). The summed E-state index contributed by atoms with van der Waals surface area (Å²) in [4.78, 5) is 16.0. The Morgan fingerprint density at radius 3 is 2.84 bits per heavy atom. The first-order valence-electron chi connectivity index (χ1n) is 5.16. The van der Waals surface area contributed by atoms with Crippen molar-refractivity contribution in [2.45, 2.75) is 17.3 Å². The van der Waals surface area contributed by atoms with Crippen LogP contribution in [0.2, 0.25) is 0 Å². The second-order valence-electron chi connectivity index (χ2n) is 3.64. The molecule has 0 aromatic carbocycles. The zero-order valence-corrected chi connectivity index (χ0v) is 11.3. The van der Waals surface area contributed by atoms with Crippen molar-refractivity contribution in [3.8, 4) is 0 Å². The van der Waals surface area contributed by atoms with E-state index in [9.17, 15) is 13.2 Å². The molecule has 0 saturated heterocycles. The molecule has 0 saturated carbocycles. The molecule has 0 spiro atoms. The summed E-state index contributed by atoms with van der Waals surface area (Å²) in [6.07, 6.45) is 2.77. The second kappa shape index (κ2) is 5.47. The van der Waals surface area contributed by atoms with Crippen molar-refractivity contribution in [3.05, 3.63) is 29.7 Å². The van der Waals surface area contributed by atoms with E-state index in [-0.39, 0.29) is 23.2 Å². The molecule has 8 nitrogen and oxygen atoms in total. The number of hydrogen-bond acceptors (Lipinski definition) is 6. The third-order valence-corrected chi connectivity index (χ3v) is 4.67. The van der Waals surface area contributed by atoms with Crippen LogP contribution in [0, 0.1) is 0 Å². The zero-order chi connectivity index (χ0) is 13.9. The van der Waals surface area contributed by atoms with E-state index >= 15 is 0 Å². The molecule has 10 heteroatoms. The van der Waals surface area contributed by atoms with Crippen LogP contribution in [0.3, 0.4) is 0 Å². The van der Waals surface area contributed by atoms with Crippen molar-refractivity contribution in [1.29, 1.82) is 0 Å². The molecule has 3 N–H and O–H groups in total. The zero-order valence-electron chi connectivity index (χ0n) is 9.68. The first kappa shape index (κ1) is 13.6. The molecular weight excluding hydrogens is 290 g/mol. The minimum absolute atomic E-state index is 0.0629. The molecule has 2 aromatic rings. The molecule has 1 amide bonds. The number of aromatic nitrogens is 3. The van der Waals surface area contributed by atoms with Crippen LogP contribution >= 0.6 is 11.3 Å². The van der Waals surface area contributed by atoms with E-state index in [2.05, 4.69) is 15.4 Å². The topological polar surface area (TPSA) is 120 Å². The molecule has 0 unspecified atom stereocenters. The molecule has 0 aliphatic heterocycles. The number of amides is 1. The predicted octanol–water partition coefficient (Wildman–Crippen LogP) is -0.697. The Morgan fingerprint density at radius 1 is 1.47 bits per heavy atom. The molecular formula is C9H11N5O3S2. The van der Waals surface area contributed by atoms with Gasteiger partial charge in [-0.1, -0.05) is 0 Å². The van der Waals surface area contributed by atoms with Gasteiger partial charge in [-0.3, -0.25) is 4.79 Å². The average molecular weight is 301 g/mol. The van der Waals surface area contributed by atoms with E-state index in [4.69, 9.17) is 5.14 Å². The van der Waals surface area contributed by atoms with E-state index in [1.165, 1.54) is 23.4 Å². The van der Waals surface area contributed by atoms with Gasteiger partial charge in [0.25, 0.3) is 0 Å². The Bertz CT molecular complexity index is 662. The summed E-state index contributed by atoms with van der Waals surface area (Å²) in [7, 11) is -3.68. The lowest BCUT2D eigenvalue weighted by Crippen LogP contribution is -2.26. The Balaban J connectivity index is 1.89. The molecule has 0 bridgehead atoms. The predicted molar refractivity (Wildman–Crippen MR) is 67.6 cm³/mol. The summed E-state index contributed by atoms with van der Waals surface area (Å²) in [6, 6.07) is 3.03. The molecule has 2 aromatic heterocycles. The summed E-state index contributed by atoms with van der Waals surface area (Å²) in [5.41, 5.74) is 0. The van der Waals surface area contributed by atoms with Crippen LogP contribution in [0.25, 0.3) is 0 Å². The summed E-state index contributed by atoms with van der Waals surface area (Å²) >= 11 is 1.03. The largest absolute Gasteiger partial charge is 0.350 e. The van der Waals surface area contributed by atoms with Gasteiger partial charge in [0.1, 0.15) is 23.4 Å². The number of nitrogens with zero attached hydrogens (tertiary/aromatic N) is 3. The van der Waals surface area contributed by atoms with Gasteiger partial charge in [-0.25, -0.2) is 23.2 Å².